The Labute approximate surface area is 201 Å². The molecule has 0 aliphatic carbocycles. The van der Waals surface area contributed by atoms with Gasteiger partial charge in [-0.1, -0.05) is 42.6 Å². The van der Waals surface area contributed by atoms with Crippen molar-refractivity contribution in [1.82, 2.24) is 5.32 Å². The summed E-state index contributed by atoms with van der Waals surface area (Å²) in [7, 11) is -3.87. The molecule has 33 heavy (non-hydrogen) atoms. The second kappa shape index (κ2) is 11.4. The summed E-state index contributed by atoms with van der Waals surface area (Å²) in [6.45, 7) is 1.63. The zero-order valence-corrected chi connectivity index (χ0v) is 20.2. The molecule has 1 amide bonds. The Kier molecular flexibility index (Phi) is 9.21. The highest BCUT2D eigenvalue weighted by molar-refractivity contribution is 7.90. The zero-order chi connectivity index (χ0) is 24.8. The highest BCUT2D eigenvalue weighted by Gasteiger charge is 2.25. The van der Waals surface area contributed by atoms with Crippen molar-refractivity contribution in [3.8, 4) is 0 Å². The minimum atomic E-state index is -3.87. The Morgan fingerprint density at radius 2 is 1.88 bits per heavy atom. The molecule has 0 unspecified atom stereocenters. The minimum absolute atomic E-state index is 0.0781. The van der Waals surface area contributed by atoms with E-state index >= 15 is 0 Å². The minimum Gasteiger partial charge on any atom is -0.452 e. The van der Waals surface area contributed by atoms with E-state index in [4.69, 9.17) is 27.9 Å². The molecule has 12 heteroatoms. The number of amides is 1. The predicted octanol–water partition coefficient (Wildman–Crippen LogP) is 4.16. The third kappa shape index (κ3) is 7.41. The Morgan fingerprint density at radius 1 is 1.18 bits per heavy atom. The molecule has 0 aromatic heterocycles. The van der Waals surface area contributed by atoms with Crippen molar-refractivity contribution in [3.63, 3.8) is 0 Å². The number of nitro benzene ring substituents is 1. The molecule has 0 saturated heterocycles. The Balaban J connectivity index is 2.01. The Bertz CT molecular complexity index is 1170. The van der Waals surface area contributed by atoms with E-state index in [1.807, 2.05) is 6.92 Å². The van der Waals surface area contributed by atoms with Crippen LogP contribution in [0.3, 0.4) is 0 Å². The van der Waals surface area contributed by atoms with E-state index in [1.165, 1.54) is 0 Å². The van der Waals surface area contributed by atoms with Gasteiger partial charge in [-0.15, -0.1) is 0 Å². The van der Waals surface area contributed by atoms with Crippen LogP contribution in [0.1, 0.15) is 41.6 Å². The molecule has 2 aromatic rings. The van der Waals surface area contributed by atoms with Gasteiger partial charge < -0.3 is 10.1 Å². The first kappa shape index (κ1) is 26.6. The molecule has 0 bridgehead atoms. The maximum absolute atomic E-state index is 12.2. The summed E-state index contributed by atoms with van der Waals surface area (Å²) in [5.41, 5.74) is -0.171. The van der Waals surface area contributed by atoms with E-state index in [1.54, 1.807) is 18.2 Å². The number of carbonyl (C=O) groups excluding carboxylic acids is 2. The fourth-order valence-corrected chi connectivity index (χ4v) is 4.54. The first-order valence-electron chi connectivity index (χ1n) is 9.81. The normalized spacial score (nSPS) is 12.1. The quantitative estimate of drug-likeness (QED) is 0.284. The lowest BCUT2D eigenvalue weighted by Gasteiger charge is -2.19. The number of rotatable bonds is 10. The molecular weight excluding hydrogens is 495 g/mol. The van der Waals surface area contributed by atoms with E-state index in [-0.39, 0.29) is 18.0 Å². The van der Waals surface area contributed by atoms with E-state index in [9.17, 15) is 28.1 Å². The Hall–Kier alpha value is -2.69. The van der Waals surface area contributed by atoms with E-state index < -0.39 is 43.8 Å². The van der Waals surface area contributed by atoms with Crippen molar-refractivity contribution in [2.24, 2.45) is 0 Å². The molecule has 2 aromatic carbocycles. The van der Waals surface area contributed by atoms with Crippen molar-refractivity contribution in [2.75, 3.05) is 19.4 Å². The highest BCUT2D eigenvalue weighted by Crippen LogP contribution is 2.30. The molecule has 2 rings (SSSR count). The standard InChI is InChI=1S/C21H22Cl2N2O7S/c1-3-4-14(16-7-6-15(22)10-17(16)23)11-24-20(26)12-32-21(27)13-5-8-19(33(2,30)31)18(9-13)25(28)29/h5-10,14H,3-4,11-12H2,1-2H3,(H,24,26)/t14-/m1/s1. The summed E-state index contributed by atoms with van der Waals surface area (Å²) in [5.74, 6) is -1.65. The van der Waals surface area contributed by atoms with Crippen LogP contribution in [-0.2, 0) is 19.4 Å². The van der Waals surface area contributed by atoms with Crippen LogP contribution < -0.4 is 5.32 Å². The van der Waals surface area contributed by atoms with Crippen LogP contribution in [0.5, 0.6) is 0 Å². The summed E-state index contributed by atoms with van der Waals surface area (Å²) in [6.07, 6.45) is 2.41. The topological polar surface area (TPSA) is 133 Å². The van der Waals surface area contributed by atoms with Crippen molar-refractivity contribution < 1.29 is 27.7 Å². The number of hydrogen-bond acceptors (Lipinski definition) is 7. The fraction of sp³-hybridized carbons (Fsp3) is 0.333. The second-order valence-electron chi connectivity index (χ2n) is 7.24. The van der Waals surface area contributed by atoms with Gasteiger partial charge in [0.05, 0.1) is 10.5 Å². The average molecular weight is 517 g/mol. The summed E-state index contributed by atoms with van der Waals surface area (Å²) in [6, 6.07) is 7.97. The summed E-state index contributed by atoms with van der Waals surface area (Å²) in [4.78, 5) is 34.2. The number of carbonyl (C=O) groups is 2. The number of nitrogens with zero attached hydrogens (tertiary/aromatic N) is 1. The third-order valence-corrected chi connectivity index (χ3v) is 6.42. The number of ether oxygens (including phenoxy) is 1. The number of halogens is 2. The molecule has 0 aliphatic rings. The molecule has 0 heterocycles. The largest absolute Gasteiger partial charge is 0.452 e. The number of esters is 1. The molecule has 1 N–H and O–H groups in total. The Morgan fingerprint density at radius 3 is 2.45 bits per heavy atom. The summed E-state index contributed by atoms with van der Waals surface area (Å²) < 4.78 is 28.3. The SMILES string of the molecule is CCC[C@H](CNC(=O)COC(=O)c1ccc(S(C)(=O)=O)c([N+](=O)[O-])c1)c1ccc(Cl)cc1Cl. The third-order valence-electron chi connectivity index (χ3n) is 4.71. The van der Waals surface area contributed by atoms with Gasteiger partial charge in [0, 0.05) is 34.8 Å². The van der Waals surface area contributed by atoms with Gasteiger partial charge in [-0.25, -0.2) is 13.2 Å². The number of nitrogens with one attached hydrogen (secondary N) is 1. The van der Waals surface area contributed by atoms with E-state index in [0.717, 1.165) is 42.9 Å². The second-order valence-corrected chi connectivity index (χ2v) is 10.1. The molecule has 178 valence electrons. The van der Waals surface area contributed by atoms with Gasteiger partial charge in [0.2, 0.25) is 0 Å². The maximum atomic E-state index is 12.2. The first-order valence-corrected chi connectivity index (χ1v) is 12.5. The van der Waals surface area contributed by atoms with Gasteiger partial charge in [-0.05, 0) is 36.2 Å². The summed E-state index contributed by atoms with van der Waals surface area (Å²) >= 11 is 12.2. The van der Waals surface area contributed by atoms with Crippen LogP contribution in [-0.4, -0.2) is 44.6 Å². The van der Waals surface area contributed by atoms with Crippen LogP contribution >= 0.6 is 23.2 Å². The molecule has 9 nitrogen and oxygen atoms in total. The van der Waals surface area contributed by atoms with Crippen LogP contribution in [0.25, 0.3) is 0 Å². The highest BCUT2D eigenvalue weighted by atomic mass is 35.5. The van der Waals surface area contributed by atoms with Gasteiger partial charge in [-0.2, -0.15) is 0 Å². The van der Waals surface area contributed by atoms with Crippen LogP contribution in [0.4, 0.5) is 5.69 Å². The van der Waals surface area contributed by atoms with Gasteiger partial charge in [0.25, 0.3) is 11.6 Å². The molecule has 0 spiro atoms. The van der Waals surface area contributed by atoms with Gasteiger partial charge in [0.15, 0.2) is 16.4 Å². The summed E-state index contributed by atoms with van der Waals surface area (Å²) in [5, 5.41) is 14.8. The van der Waals surface area contributed by atoms with Crippen molar-refractivity contribution in [3.05, 3.63) is 67.7 Å². The molecular formula is C21H22Cl2N2O7S. The number of sulfone groups is 1. The zero-order valence-electron chi connectivity index (χ0n) is 17.8. The molecule has 1 atom stereocenters. The molecule has 0 radical (unpaired) electrons. The van der Waals surface area contributed by atoms with Crippen LogP contribution in [0.2, 0.25) is 10.0 Å². The lowest BCUT2D eigenvalue weighted by Crippen LogP contribution is -2.32. The average Bonchev–Trinajstić information content (AvgIpc) is 2.74. The van der Waals surface area contributed by atoms with Crippen molar-refractivity contribution in [1.29, 1.82) is 0 Å². The van der Waals surface area contributed by atoms with Gasteiger partial charge in [-0.3, -0.25) is 14.9 Å². The first-order chi connectivity index (χ1) is 15.4. The number of hydrogen-bond donors (Lipinski definition) is 1. The predicted molar refractivity (Wildman–Crippen MR) is 124 cm³/mol. The van der Waals surface area contributed by atoms with E-state index in [2.05, 4.69) is 5.32 Å². The molecule has 0 fully saturated rings. The number of nitro groups is 1. The van der Waals surface area contributed by atoms with Crippen molar-refractivity contribution in [2.45, 2.75) is 30.6 Å². The van der Waals surface area contributed by atoms with Gasteiger partial charge in [0.1, 0.15) is 4.90 Å². The van der Waals surface area contributed by atoms with E-state index in [0.29, 0.717) is 10.0 Å². The van der Waals surface area contributed by atoms with Gasteiger partial charge >= 0.3 is 5.97 Å². The van der Waals surface area contributed by atoms with Crippen LogP contribution in [0.15, 0.2) is 41.3 Å². The fourth-order valence-electron chi connectivity index (χ4n) is 3.15. The molecule has 0 aliphatic heterocycles. The number of benzene rings is 2. The lowest BCUT2D eigenvalue weighted by atomic mass is 9.94. The monoisotopic (exact) mass is 516 g/mol. The smallest absolute Gasteiger partial charge is 0.338 e. The maximum Gasteiger partial charge on any atom is 0.338 e. The van der Waals surface area contributed by atoms with Crippen molar-refractivity contribution >= 4 is 50.6 Å². The molecule has 0 saturated carbocycles. The lowest BCUT2D eigenvalue weighted by molar-refractivity contribution is -0.387. The van der Waals surface area contributed by atoms with Crippen LogP contribution in [0, 0.1) is 10.1 Å².